The molecule has 7 heteroatoms. The van der Waals surface area contributed by atoms with Crippen molar-refractivity contribution in [3.05, 3.63) is 30.3 Å². The lowest BCUT2D eigenvalue weighted by molar-refractivity contribution is 0.529. The number of anilines is 1. The first-order valence-corrected chi connectivity index (χ1v) is 9.45. The number of hydrogen-bond donors (Lipinski definition) is 2. The molecule has 0 atom stereocenters. The molecule has 0 amide bonds. The summed E-state index contributed by atoms with van der Waals surface area (Å²) >= 11 is 1.87. The first-order valence-electron chi connectivity index (χ1n) is 6.81. The van der Waals surface area contributed by atoms with Gasteiger partial charge in [0, 0.05) is 11.4 Å². The van der Waals surface area contributed by atoms with Crippen molar-refractivity contribution in [3.8, 4) is 0 Å². The average molecular weight is 323 g/mol. The third kappa shape index (κ3) is 3.30. The Morgan fingerprint density at radius 1 is 1.19 bits per heavy atom. The van der Waals surface area contributed by atoms with Gasteiger partial charge in [-0.05, 0) is 54.7 Å². The van der Waals surface area contributed by atoms with Gasteiger partial charge in [0.15, 0.2) is 0 Å². The highest BCUT2D eigenvalue weighted by Crippen LogP contribution is 2.22. The lowest BCUT2D eigenvalue weighted by Crippen LogP contribution is -2.37. The van der Waals surface area contributed by atoms with Crippen molar-refractivity contribution in [1.29, 1.82) is 0 Å². The van der Waals surface area contributed by atoms with Crippen LogP contribution in [-0.4, -0.2) is 30.9 Å². The van der Waals surface area contributed by atoms with Crippen LogP contribution in [0.2, 0.25) is 0 Å². The number of nitrogens with zero attached hydrogens (tertiary/aromatic N) is 1. The summed E-state index contributed by atoms with van der Waals surface area (Å²) in [4.78, 5) is 4.45. The summed E-state index contributed by atoms with van der Waals surface area (Å²) in [6, 6.07) is 8.41. The van der Waals surface area contributed by atoms with Crippen molar-refractivity contribution in [2.45, 2.75) is 23.8 Å². The number of pyridine rings is 1. The van der Waals surface area contributed by atoms with Crippen LogP contribution in [0.3, 0.4) is 0 Å². The molecule has 1 saturated heterocycles. The van der Waals surface area contributed by atoms with Crippen LogP contribution in [-0.2, 0) is 10.0 Å². The monoisotopic (exact) mass is 323 g/mol. The van der Waals surface area contributed by atoms with Gasteiger partial charge in [0.2, 0.25) is 10.0 Å². The minimum absolute atomic E-state index is 0.0384. The maximum atomic E-state index is 12.4. The van der Waals surface area contributed by atoms with Gasteiger partial charge in [-0.3, -0.25) is 0 Å². The standard InChI is InChI=1S/C14H17N3O2S2/c15-14-4-1-10-9-12(2-3-13(10)16-14)21(18,19)17-11-5-7-20-8-6-11/h1-4,9,11,17H,5-8H2,(H2,15,16). The van der Waals surface area contributed by atoms with Gasteiger partial charge in [-0.25, -0.2) is 18.1 Å². The van der Waals surface area contributed by atoms with Crippen LogP contribution in [0.15, 0.2) is 35.2 Å². The lowest BCUT2D eigenvalue weighted by Gasteiger charge is -2.22. The van der Waals surface area contributed by atoms with Crippen LogP contribution in [0.1, 0.15) is 12.8 Å². The van der Waals surface area contributed by atoms with Gasteiger partial charge < -0.3 is 5.73 Å². The second-order valence-electron chi connectivity index (χ2n) is 5.10. The van der Waals surface area contributed by atoms with E-state index in [9.17, 15) is 8.42 Å². The van der Waals surface area contributed by atoms with E-state index in [1.54, 1.807) is 30.3 Å². The highest BCUT2D eigenvalue weighted by atomic mass is 32.2. The van der Waals surface area contributed by atoms with E-state index in [4.69, 9.17) is 5.73 Å². The molecule has 0 radical (unpaired) electrons. The van der Waals surface area contributed by atoms with Crippen molar-refractivity contribution >= 4 is 38.5 Å². The molecule has 1 aliphatic heterocycles. The Balaban J connectivity index is 1.89. The molecule has 1 aliphatic rings. The van der Waals surface area contributed by atoms with Gasteiger partial charge in [0.05, 0.1) is 10.4 Å². The Kier molecular flexibility index (Phi) is 4.05. The maximum Gasteiger partial charge on any atom is 0.240 e. The Bertz CT molecular complexity index is 756. The zero-order valence-corrected chi connectivity index (χ0v) is 13.1. The van der Waals surface area contributed by atoms with Crippen molar-refractivity contribution in [1.82, 2.24) is 9.71 Å². The Hall–Kier alpha value is -1.31. The molecule has 5 nitrogen and oxygen atoms in total. The normalized spacial score (nSPS) is 17.1. The highest BCUT2D eigenvalue weighted by molar-refractivity contribution is 7.99. The van der Waals surface area contributed by atoms with Gasteiger partial charge in [-0.2, -0.15) is 11.8 Å². The summed E-state index contributed by atoms with van der Waals surface area (Å²) in [6.07, 6.45) is 1.77. The molecular formula is C14H17N3O2S2. The SMILES string of the molecule is Nc1ccc2cc(S(=O)(=O)NC3CCSCC3)ccc2n1. The number of thioether (sulfide) groups is 1. The molecule has 0 saturated carbocycles. The zero-order chi connectivity index (χ0) is 14.9. The molecule has 1 fully saturated rings. The molecule has 112 valence electrons. The van der Waals surface area contributed by atoms with E-state index in [1.807, 2.05) is 11.8 Å². The third-order valence-electron chi connectivity index (χ3n) is 3.54. The number of nitrogens with one attached hydrogen (secondary N) is 1. The Morgan fingerprint density at radius 2 is 1.95 bits per heavy atom. The van der Waals surface area contributed by atoms with E-state index in [0.717, 1.165) is 29.7 Å². The lowest BCUT2D eigenvalue weighted by atomic mass is 10.2. The molecule has 0 unspecified atom stereocenters. The predicted octanol–water partition coefficient (Wildman–Crippen LogP) is 1.99. The van der Waals surface area contributed by atoms with Crippen molar-refractivity contribution < 1.29 is 8.42 Å². The number of benzene rings is 1. The van der Waals surface area contributed by atoms with Crippen LogP contribution >= 0.6 is 11.8 Å². The minimum atomic E-state index is -3.48. The smallest absolute Gasteiger partial charge is 0.240 e. The first-order chi connectivity index (χ1) is 10.0. The van der Waals surface area contributed by atoms with Gasteiger partial charge in [0.1, 0.15) is 5.82 Å². The summed E-state index contributed by atoms with van der Waals surface area (Å²) in [7, 11) is -3.48. The number of fused-ring (bicyclic) bond motifs is 1. The number of aromatic nitrogens is 1. The van der Waals surface area contributed by atoms with E-state index in [2.05, 4.69) is 9.71 Å². The van der Waals surface area contributed by atoms with E-state index < -0.39 is 10.0 Å². The average Bonchev–Trinajstić information content (AvgIpc) is 2.47. The van der Waals surface area contributed by atoms with Gasteiger partial charge in [0.25, 0.3) is 0 Å². The van der Waals surface area contributed by atoms with Gasteiger partial charge in [-0.1, -0.05) is 0 Å². The topological polar surface area (TPSA) is 85.1 Å². The molecule has 0 spiro atoms. The molecule has 1 aromatic carbocycles. The number of sulfonamides is 1. The van der Waals surface area contributed by atoms with Gasteiger partial charge >= 0.3 is 0 Å². The van der Waals surface area contributed by atoms with Crippen molar-refractivity contribution in [3.63, 3.8) is 0 Å². The molecule has 3 N–H and O–H groups in total. The fourth-order valence-corrected chi connectivity index (χ4v) is 4.84. The number of nitrogen functional groups attached to an aromatic ring is 1. The van der Waals surface area contributed by atoms with Crippen LogP contribution in [0.25, 0.3) is 10.9 Å². The summed E-state index contributed by atoms with van der Waals surface area (Å²) in [5.74, 6) is 2.44. The molecule has 0 aliphatic carbocycles. The number of hydrogen-bond acceptors (Lipinski definition) is 5. The summed E-state index contributed by atoms with van der Waals surface area (Å²) in [5.41, 5.74) is 6.32. The molecule has 2 heterocycles. The molecule has 21 heavy (non-hydrogen) atoms. The number of rotatable bonds is 3. The van der Waals surface area contributed by atoms with Crippen LogP contribution in [0, 0.1) is 0 Å². The third-order valence-corrected chi connectivity index (χ3v) is 6.10. The minimum Gasteiger partial charge on any atom is -0.384 e. The zero-order valence-electron chi connectivity index (χ0n) is 11.5. The quantitative estimate of drug-likeness (QED) is 0.902. The molecular weight excluding hydrogens is 306 g/mol. The second kappa shape index (κ2) is 5.82. The molecule has 1 aromatic heterocycles. The van der Waals surface area contributed by atoms with E-state index in [-0.39, 0.29) is 10.9 Å². The Labute approximate surface area is 128 Å². The number of nitrogens with two attached hydrogens (primary N) is 1. The maximum absolute atomic E-state index is 12.4. The predicted molar refractivity (Wildman–Crippen MR) is 86.8 cm³/mol. The van der Waals surface area contributed by atoms with Crippen LogP contribution in [0.5, 0.6) is 0 Å². The Morgan fingerprint density at radius 3 is 2.71 bits per heavy atom. The van der Waals surface area contributed by atoms with Crippen molar-refractivity contribution in [2.24, 2.45) is 0 Å². The van der Waals surface area contributed by atoms with E-state index >= 15 is 0 Å². The largest absolute Gasteiger partial charge is 0.384 e. The fourth-order valence-electron chi connectivity index (χ4n) is 2.39. The van der Waals surface area contributed by atoms with Crippen molar-refractivity contribution in [2.75, 3.05) is 17.2 Å². The first kappa shape index (κ1) is 14.6. The summed E-state index contributed by atoms with van der Waals surface area (Å²) < 4.78 is 27.7. The fraction of sp³-hybridized carbons (Fsp3) is 0.357. The second-order valence-corrected chi connectivity index (χ2v) is 8.04. The van der Waals surface area contributed by atoms with Crippen LogP contribution < -0.4 is 10.5 Å². The molecule has 2 aromatic rings. The molecule has 0 bridgehead atoms. The van der Waals surface area contributed by atoms with Gasteiger partial charge in [-0.15, -0.1) is 0 Å². The summed E-state index contributed by atoms with van der Waals surface area (Å²) in [6.45, 7) is 0. The van der Waals surface area contributed by atoms with E-state index in [0.29, 0.717) is 11.3 Å². The molecule has 3 rings (SSSR count). The van der Waals surface area contributed by atoms with Crippen LogP contribution in [0.4, 0.5) is 5.82 Å². The summed E-state index contributed by atoms with van der Waals surface area (Å²) in [5, 5.41) is 0.770. The van der Waals surface area contributed by atoms with E-state index in [1.165, 1.54) is 0 Å². The highest BCUT2D eigenvalue weighted by Gasteiger charge is 2.22.